The molecule has 1 unspecified atom stereocenters. The highest BCUT2D eigenvalue weighted by molar-refractivity contribution is 8.00. The number of rotatable bonds is 6. The minimum Gasteiger partial charge on any atom is -0.313 e. The van der Waals surface area contributed by atoms with E-state index in [9.17, 15) is 8.42 Å². The van der Waals surface area contributed by atoms with Gasteiger partial charge in [0.2, 0.25) is 10.0 Å². The molecule has 0 amide bonds. The van der Waals surface area contributed by atoms with Gasteiger partial charge >= 0.3 is 0 Å². The zero-order valence-electron chi connectivity index (χ0n) is 12.8. The normalized spacial score (nSPS) is 21.0. The maximum atomic E-state index is 12.6. The van der Waals surface area contributed by atoms with Crippen LogP contribution in [0.25, 0.3) is 0 Å². The summed E-state index contributed by atoms with van der Waals surface area (Å²) in [6, 6.07) is 0.413. The lowest BCUT2D eigenvalue weighted by molar-refractivity contribution is 0.424. The van der Waals surface area contributed by atoms with E-state index in [1.54, 1.807) is 15.2 Å². The van der Waals surface area contributed by atoms with Crippen LogP contribution in [0, 0.1) is 0 Å². The first-order chi connectivity index (χ1) is 9.89. The van der Waals surface area contributed by atoms with E-state index in [1.165, 1.54) is 6.20 Å². The van der Waals surface area contributed by atoms with Gasteiger partial charge in [0.1, 0.15) is 4.90 Å². The van der Waals surface area contributed by atoms with Crippen LogP contribution in [0.3, 0.4) is 0 Å². The van der Waals surface area contributed by atoms with E-state index < -0.39 is 10.0 Å². The van der Waals surface area contributed by atoms with Gasteiger partial charge in [0.25, 0.3) is 0 Å². The summed E-state index contributed by atoms with van der Waals surface area (Å²) in [6.07, 6.45) is 3.08. The average molecular weight is 332 g/mol. The van der Waals surface area contributed by atoms with Gasteiger partial charge in [-0.25, -0.2) is 8.42 Å². The van der Waals surface area contributed by atoms with E-state index in [0.717, 1.165) is 12.3 Å². The van der Waals surface area contributed by atoms with Gasteiger partial charge in [-0.15, -0.1) is 0 Å². The average Bonchev–Trinajstić information content (AvgIpc) is 2.88. The number of aromatic nitrogens is 2. The summed E-state index contributed by atoms with van der Waals surface area (Å²) in [5.41, 5.74) is 0. The van der Waals surface area contributed by atoms with Crippen LogP contribution in [0.4, 0.5) is 0 Å². The minimum absolute atomic E-state index is 0.297. The maximum absolute atomic E-state index is 12.6. The Morgan fingerprint density at radius 1 is 1.52 bits per heavy atom. The topological polar surface area (TPSA) is 67.2 Å². The lowest BCUT2D eigenvalue weighted by atomic mass is 10.4. The fourth-order valence-corrected chi connectivity index (χ4v) is 4.93. The molecule has 2 heterocycles. The van der Waals surface area contributed by atoms with E-state index in [0.29, 0.717) is 35.8 Å². The van der Waals surface area contributed by atoms with Crippen LogP contribution in [0.5, 0.6) is 0 Å². The quantitative estimate of drug-likeness (QED) is 0.842. The molecule has 0 spiro atoms. The third-order valence-corrected chi connectivity index (χ3v) is 6.30. The monoisotopic (exact) mass is 332 g/mol. The lowest BCUT2D eigenvalue weighted by Gasteiger charge is -2.29. The second-order valence-corrected chi connectivity index (χ2v) is 9.08. The number of nitrogens with one attached hydrogen (secondary N) is 1. The van der Waals surface area contributed by atoms with E-state index in [-0.39, 0.29) is 0 Å². The highest BCUT2D eigenvalue weighted by Gasteiger charge is 2.29. The van der Waals surface area contributed by atoms with Gasteiger partial charge in [-0.3, -0.25) is 4.68 Å². The van der Waals surface area contributed by atoms with E-state index in [2.05, 4.69) is 31.2 Å². The van der Waals surface area contributed by atoms with Crippen LogP contribution in [-0.2, 0) is 16.6 Å². The highest BCUT2D eigenvalue weighted by Crippen LogP contribution is 2.23. The number of hydrogen-bond donors (Lipinski definition) is 1. The minimum atomic E-state index is -3.40. The molecule has 0 aromatic carbocycles. The summed E-state index contributed by atoms with van der Waals surface area (Å²) < 4.78 is 28.4. The number of hydrogen-bond acceptors (Lipinski definition) is 5. The highest BCUT2D eigenvalue weighted by atomic mass is 32.2. The van der Waals surface area contributed by atoms with Gasteiger partial charge in [0, 0.05) is 42.9 Å². The van der Waals surface area contributed by atoms with Crippen molar-refractivity contribution in [1.29, 1.82) is 0 Å². The first-order valence-electron chi connectivity index (χ1n) is 7.27. The summed E-state index contributed by atoms with van der Waals surface area (Å²) in [5.74, 6) is 0.854. The molecule has 0 aliphatic carbocycles. The van der Waals surface area contributed by atoms with Gasteiger partial charge < -0.3 is 5.32 Å². The molecule has 1 aromatic rings. The molecule has 8 heteroatoms. The Bertz CT molecular complexity index is 556. The van der Waals surface area contributed by atoms with Crippen LogP contribution >= 0.6 is 11.8 Å². The molecule has 6 nitrogen and oxygen atoms in total. The standard InChI is InChI=1S/C13H24N4O2S2/c1-11(2)14-4-5-16-10-13(8-15-16)21(18,19)17-6-7-20-12(3)9-17/h8,10-12,14H,4-7,9H2,1-3H3. The largest absolute Gasteiger partial charge is 0.313 e. The Labute approximate surface area is 131 Å². The van der Waals surface area contributed by atoms with Gasteiger partial charge in [-0.1, -0.05) is 20.8 Å². The fraction of sp³-hybridized carbons (Fsp3) is 0.769. The second kappa shape index (κ2) is 7.13. The predicted octanol–water partition coefficient (Wildman–Crippen LogP) is 1.01. The van der Waals surface area contributed by atoms with Crippen molar-refractivity contribution in [2.75, 3.05) is 25.4 Å². The second-order valence-electron chi connectivity index (χ2n) is 5.59. The first-order valence-corrected chi connectivity index (χ1v) is 9.76. The molecule has 1 atom stereocenters. The predicted molar refractivity (Wildman–Crippen MR) is 86.0 cm³/mol. The van der Waals surface area contributed by atoms with Crippen LogP contribution in [0.15, 0.2) is 17.3 Å². The third kappa shape index (κ3) is 4.45. The smallest absolute Gasteiger partial charge is 0.246 e. The van der Waals surface area contributed by atoms with E-state index in [4.69, 9.17) is 0 Å². The Kier molecular flexibility index (Phi) is 5.70. The van der Waals surface area contributed by atoms with Crippen molar-refractivity contribution < 1.29 is 8.42 Å². The molecule has 0 saturated carbocycles. The van der Waals surface area contributed by atoms with Crippen LogP contribution < -0.4 is 5.32 Å². The SMILES string of the molecule is CC(C)NCCn1cc(S(=O)(=O)N2CCSC(C)C2)cn1. The molecule has 1 fully saturated rings. The molecule has 1 N–H and O–H groups in total. The summed E-state index contributed by atoms with van der Waals surface area (Å²) in [5, 5.41) is 7.79. The molecule has 0 radical (unpaired) electrons. The van der Waals surface area contributed by atoms with Crippen LogP contribution in [0.1, 0.15) is 20.8 Å². The number of thioether (sulfide) groups is 1. The van der Waals surface area contributed by atoms with Gasteiger partial charge in [-0.2, -0.15) is 21.2 Å². The van der Waals surface area contributed by atoms with Gasteiger partial charge in [-0.05, 0) is 0 Å². The van der Waals surface area contributed by atoms with Crippen molar-refractivity contribution in [1.82, 2.24) is 19.4 Å². The maximum Gasteiger partial charge on any atom is 0.246 e. The summed E-state index contributed by atoms with van der Waals surface area (Å²) in [7, 11) is -3.40. The van der Waals surface area contributed by atoms with Gasteiger partial charge in [0.05, 0.1) is 12.7 Å². The molecule has 120 valence electrons. The lowest BCUT2D eigenvalue weighted by Crippen LogP contribution is -2.40. The molecule has 1 aliphatic heterocycles. The van der Waals surface area contributed by atoms with Crippen LogP contribution in [-0.4, -0.2) is 59.2 Å². The van der Waals surface area contributed by atoms with E-state index >= 15 is 0 Å². The number of nitrogens with zero attached hydrogens (tertiary/aromatic N) is 3. The van der Waals surface area contributed by atoms with Gasteiger partial charge in [0.15, 0.2) is 0 Å². The molecule has 1 saturated heterocycles. The Hall–Kier alpha value is -0.570. The molecule has 0 bridgehead atoms. The molecular formula is C13H24N4O2S2. The third-order valence-electron chi connectivity index (χ3n) is 3.34. The van der Waals surface area contributed by atoms with Crippen molar-refractivity contribution >= 4 is 21.8 Å². The Morgan fingerprint density at radius 3 is 2.95 bits per heavy atom. The zero-order chi connectivity index (χ0) is 15.5. The number of sulfonamides is 1. The van der Waals surface area contributed by atoms with Crippen molar-refractivity contribution in [2.24, 2.45) is 0 Å². The molecule has 1 aromatic heterocycles. The van der Waals surface area contributed by atoms with Crippen LogP contribution in [0.2, 0.25) is 0 Å². The van der Waals surface area contributed by atoms with E-state index in [1.807, 2.05) is 11.8 Å². The summed E-state index contributed by atoms with van der Waals surface area (Å²) in [4.78, 5) is 0.297. The summed E-state index contributed by atoms with van der Waals surface area (Å²) in [6.45, 7) is 8.82. The van der Waals surface area contributed by atoms with Crippen molar-refractivity contribution in [3.63, 3.8) is 0 Å². The fourth-order valence-electron chi connectivity index (χ4n) is 2.22. The zero-order valence-corrected chi connectivity index (χ0v) is 14.5. The molecular weight excluding hydrogens is 308 g/mol. The molecule has 21 heavy (non-hydrogen) atoms. The Morgan fingerprint density at radius 2 is 2.29 bits per heavy atom. The molecule has 2 rings (SSSR count). The Balaban J connectivity index is 2.02. The van der Waals surface area contributed by atoms with Crippen molar-refractivity contribution in [3.8, 4) is 0 Å². The molecule has 1 aliphatic rings. The van der Waals surface area contributed by atoms with Crippen molar-refractivity contribution in [3.05, 3.63) is 12.4 Å². The summed E-state index contributed by atoms with van der Waals surface area (Å²) >= 11 is 1.82. The first kappa shape index (κ1) is 16.8. The van der Waals surface area contributed by atoms with Crippen molar-refractivity contribution in [2.45, 2.75) is 43.5 Å².